The second-order valence-corrected chi connectivity index (χ2v) is 5.68. The van der Waals surface area contributed by atoms with Crippen molar-refractivity contribution in [2.45, 2.75) is 65.4 Å². The van der Waals surface area contributed by atoms with Crippen LogP contribution in [0.15, 0.2) is 12.2 Å². The molecule has 1 aliphatic carbocycles. The molecule has 0 amide bonds. The van der Waals surface area contributed by atoms with Gasteiger partial charge in [-0.15, -0.1) is 0 Å². The van der Waals surface area contributed by atoms with E-state index in [-0.39, 0.29) is 6.10 Å². The van der Waals surface area contributed by atoms with Gasteiger partial charge in [-0.3, -0.25) is 0 Å². The number of rotatable bonds is 4. The number of unbranched alkanes of at least 4 members (excludes halogenated alkanes) is 1. The molecule has 0 bridgehead atoms. The van der Waals surface area contributed by atoms with Gasteiger partial charge in [0.1, 0.15) is 0 Å². The van der Waals surface area contributed by atoms with E-state index in [4.69, 9.17) is 0 Å². The SMILES string of the molecule is C=C(C)C1CCC(C)(CCCC)CC1O. The number of hydrogen-bond acceptors (Lipinski definition) is 1. The molecule has 1 saturated carbocycles. The standard InChI is InChI=1S/C14H26O/c1-5-6-8-14(4)9-7-12(11(2)3)13(15)10-14/h12-13,15H,2,5-10H2,1,3-4H3. The first-order valence-corrected chi connectivity index (χ1v) is 6.32. The van der Waals surface area contributed by atoms with E-state index in [0.717, 1.165) is 18.4 Å². The second-order valence-electron chi connectivity index (χ2n) is 5.68. The summed E-state index contributed by atoms with van der Waals surface area (Å²) < 4.78 is 0. The molecule has 0 saturated heterocycles. The Kier molecular flexibility index (Phi) is 4.39. The third-order valence-electron chi connectivity index (χ3n) is 3.99. The smallest absolute Gasteiger partial charge is 0.0610 e. The summed E-state index contributed by atoms with van der Waals surface area (Å²) in [6, 6.07) is 0. The van der Waals surface area contributed by atoms with Crippen LogP contribution in [0.3, 0.4) is 0 Å². The molecule has 0 radical (unpaired) electrons. The molecule has 0 aromatic rings. The maximum absolute atomic E-state index is 10.1. The Morgan fingerprint density at radius 3 is 2.67 bits per heavy atom. The van der Waals surface area contributed by atoms with Crippen LogP contribution in [-0.2, 0) is 0 Å². The molecular weight excluding hydrogens is 184 g/mol. The maximum atomic E-state index is 10.1. The third-order valence-corrected chi connectivity index (χ3v) is 3.99. The Morgan fingerprint density at radius 1 is 1.53 bits per heavy atom. The molecule has 1 fully saturated rings. The highest BCUT2D eigenvalue weighted by molar-refractivity contribution is 5.03. The first kappa shape index (κ1) is 12.8. The van der Waals surface area contributed by atoms with Crippen LogP contribution in [0.1, 0.15) is 59.3 Å². The van der Waals surface area contributed by atoms with Gasteiger partial charge in [-0.25, -0.2) is 0 Å². The zero-order chi connectivity index (χ0) is 11.5. The second kappa shape index (κ2) is 5.16. The number of aliphatic hydroxyl groups excluding tert-OH is 1. The van der Waals surface area contributed by atoms with E-state index in [1.54, 1.807) is 0 Å². The van der Waals surface area contributed by atoms with Crippen LogP contribution in [0.4, 0.5) is 0 Å². The Bertz CT molecular complexity index is 221. The van der Waals surface area contributed by atoms with Gasteiger partial charge in [-0.2, -0.15) is 0 Å². The van der Waals surface area contributed by atoms with Crippen LogP contribution < -0.4 is 0 Å². The zero-order valence-corrected chi connectivity index (χ0v) is 10.6. The molecule has 0 heterocycles. The highest BCUT2D eigenvalue weighted by Gasteiger charge is 2.36. The van der Waals surface area contributed by atoms with Gasteiger partial charge in [0.2, 0.25) is 0 Å². The molecule has 0 aliphatic heterocycles. The van der Waals surface area contributed by atoms with E-state index in [1.807, 2.05) is 6.92 Å². The first-order chi connectivity index (χ1) is 6.98. The normalized spacial score (nSPS) is 36.5. The lowest BCUT2D eigenvalue weighted by molar-refractivity contribution is 0.0173. The Labute approximate surface area is 94.6 Å². The van der Waals surface area contributed by atoms with Crippen LogP contribution >= 0.6 is 0 Å². The monoisotopic (exact) mass is 210 g/mol. The van der Waals surface area contributed by atoms with Gasteiger partial charge in [0.25, 0.3) is 0 Å². The van der Waals surface area contributed by atoms with Gasteiger partial charge >= 0.3 is 0 Å². The molecule has 0 aromatic heterocycles. The van der Waals surface area contributed by atoms with Crippen molar-refractivity contribution in [3.63, 3.8) is 0 Å². The molecule has 1 heteroatoms. The molecule has 3 atom stereocenters. The van der Waals surface area contributed by atoms with Crippen LogP contribution in [-0.4, -0.2) is 11.2 Å². The Balaban J connectivity index is 2.52. The summed E-state index contributed by atoms with van der Waals surface area (Å²) in [4.78, 5) is 0. The topological polar surface area (TPSA) is 20.2 Å². The maximum Gasteiger partial charge on any atom is 0.0610 e. The third kappa shape index (κ3) is 3.34. The van der Waals surface area contributed by atoms with E-state index < -0.39 is 0 Å². The van der Waals surface area contributed by atoms with E-state index in [0.29, 0.717) is 11.3 Å². The molecule has 1 nitrogen and oxygen atoms in total. The molecule has 1 rings (SSSR count). The first-order valence-electron chi connectivity index (χ1n) is 6.32. The van der Waals surface area contributed by atoms with E-state index in [1.165, 1.54) is 25.7 Å². The van der Waals surface area contributed by atoms with Crippen molar-refractivity contribution in [3.8, 4) is 0 Å². The lowest BCUT2D eigenvalue weighted by atomic mass is 9.66. The Morgan fingerprint density at radius 2 is 2.20 bits per heavy atom. The molecule has 1 N–H and O–H groups in total. The van der Waals surface area contributed by atoms with Gasteiger partial charge < -0.3 is 5.11 Å². The van der Waals surface area contributed by atoms with Crippen LogP contribution in [0.5, 0.6) is 0 Å². The lowest BCUT2D eigenvalue weighted by Crippen LogP contribution is -2.35. The van der Waals surface area contributed by atoms with Crippen molar-refractivity contribution >= 4 is 0 Å². The molecule has 0 aromatic carbocycles. The summed E-state index contributed by atoms with van der Waals surface area (Å²) in [5, 5.41) is 10.1. The fourth-order valence-electron chi connectivity index (χ4n) is 2.85. The largest absolute Gasteiger partial charge is 0.392 e. The van der Waals surface area contributed by atoms with Gasteiger partial charge in [-0.05, 0) is 38.0 Å². The summed E-state index contributed by atoms with van der Waals surface area (Å²) >= 11 is 0. The summed E-state index contributed by atoms with van der Waals surface area (Å²) in [6.45, 7) is 10.6. The molecule has 1 aliphatic rings. The Hall–Kier alpha value is -0.300. The van der Waals surface area contributed by atoms with E-state index in [9.17, 15) is 5.11 Å². The average Bonchev–Trinajstić information content (AvgIpc) is 2.14. The van der Waals surface area contributed by atoms with Crippen LogP contribution in [0, 0.1) is 11.3 Å². The fraction of sp³-hybridized carbons (Fsp3) is 0.857. The number of hydrogen-bond donors (Lipinski definition) is 1. The summed E-state index contributed by atoms with van der Waals surface area (Å²) in [5.41, 5.74) is 1.53. The van der Waals surface area contributed by atoms with E-state index in [2.05, 4.69) is 20.4 Å². The van der Waals surface area contributed by atoms with Gasteiger partial charge in [-0.1, -0.05) is 38.8 Å². The van der Waals surface area contributed by atoms with Crippen molar-refractivity contribution in [2.24, 2.45) is 11.3 Å². The van der Waals surface area contributed by atoms with Gasteiger partial charge in [0.15, 0.2) is 0 Å². The summed E-state index contributed by atoms with van der Waals surface area (Å²) in [7, 11) is 0. The lowest BCUT2D eigenvalue weighted by Gasteiger charge is -2.41. The summed E-state index contributed by atoms with van der Waals surface area (Å²) in [6.07, 6.45) is 7.00. The zero-order valence-electron chi connectivity index (χ0n) is 10.6. The highest BCUT2D eigenvalue weighted by Crippen LogP contribution is 2.43. The molecular formula is C14H26O. The van der Waals surface area contributed by atoms with Crippen molar-refractivity contribution in [3.05, 3.63) is 12.2 Å². The number of aliphatic hydroxyl groups is 1. The highest BCUT2D eigenvalue weighted by atomic mass is 16.3. The fourth-order valence-corrected chi connectivity index (χ4v) is 2.85. The minimum absolute atomic E-state index is 0.155. The quantitative estimate of drug-likeness (QED) is 0.697. The van der Waals surface area contributed by atoms with Crippen LogP contribution in [0.25, 0.3) is 0 Å². The molecule has 88 valence electrons. The molecule has 15 heavy (non-hydrogen) atoms. The molecule has 3 unspecified atom stereocenters. The van der Waals surface area contributed by atoms with Crippen molar-refractivity contribution in [1.82, 2.24) is 0 Å². The minimum atomic E-state index is -0.155. The van der Waals surface area contributed by atoms with Crippen molar-refractivity contribution in [1.29, 1.82) is 0 Å². The predicted molar refractivity (Wildman–Crippen MR) is 65.8 cm³/mol. The van der Waals surface area contributed by atoms with E-state index >= 15 is 0 Å². The van der Waals surface area contributed by atoms with Crippen molar-refractivity contribution < 1.29 is 5.11 Å². The average molecular weight is 210 g/mol. The summed E-state index contributed by atoms with van der Waals surface area (Å²) in [5.74, 6) is 0.347. The minimum Gasteiger partial charge on any atom is -0.392 e. The van der Waals surface area contributed by atoms with Crippen LogP contribution in [0.2, 0.25) is 0 Å². The predicted octanol–water partition coefficient (Wildman–Crippen LogP) is 3.92. The van der Waals surface area contributed by atoms with Gasteiger partial charge in [0, 0.05) is 5.92 Å². The van der Waals surface area contributed by atoms with Gasteiger partial charge in [0.05, 0.1) is 6.10 Å². The van der Waals surface area contributed by atoms with Crippen molar-refractivity contribution in [2.75, 3.05) is 0 Å². The molecule has 0 spiro atoms.